The van der Waals surface area contributed by atoms with Crippen LogP contribution < -0.4 is 4.74 Å². The molecular weight excluding hydrogens is 310 g/mol. The van der Waals surface area contributed by atoms with Gasteiger partial charge in [-0.2, -0.15) is 0 Å². The van der Waals surface area contributed by atoms with Crippen LogP contribution in [0, 0.1) is 0 Å². The summed E-state index contributed by atoms with van der Waals surface area (Å²) in [5.74, 6) is 1.41. The van der Waals surface area contributed by atoms with Gasteiger partial charge in [0.15, 0.2) is 5.58 Å². The predicted molar refractivity (Wildman–Crippen MR) is 100 cm³/mol. The molecule has 4 rings (SSSR count). The highest BCUT2D eigenvalue weighted by Gasteiger charge is 2.03. The maximum Gasteiger partial charge on any atom is 0.220 e. The molecule has 1 aromatic heterocycles. The molecule has 0 radical (unpaired) electrons. The molecule has 0 atom stereocenters. The van der Waals surface area contributed by atoms with Crippen LogP contribution in [-0.4, -0.2) is 4.98 Å². The monoisotopic (exact) mass is 327 g/mol. The van der Waals surface area contributed by atoms with Crippen LogP contribution >= 0.6 is 0 Å². The lowest BCUT2D eigenvalue weighted by molar-refractivity contribution is 0.305. The van der Waals surface area contributed by atoms with E-state index in [9.17, 15) is 0 Å². The smallest absolute Gasteiger partial charge is 0.220 e. The molecule has 0 aliphatic carbocycles. The number of para-hydroxylation sites is 3. The normalized spacial score (nSPS) is 11.2. The topological polar surface area (TPSA) is 35.3 Å². The molecule has 25 heavy (non-hydrogen) atoms. The fourth-order valence-corrected chi connectivity index (χ4v) is 2.61. The van der Waals surface area contributed by atoms with Crippen molar-refractivity contribution in [2.75, 3.05) is 0 Å². The molecule has 122 valence electrons. The summed E-state index contributed by atoms with van der Waals surface area (Å²) in [6, 6.07) is 25.8. The highest BCUT2D eigenvalue weighted by Crippen LogP contribution is 2.23. The van der Waals surface area contributed by atoms with E-state index >= 15 is 0 Å². The fraction of sp³-hybridized carbons (Fsp3) is 0.0455. The first-order valence-electron chi connectivity index (χ1n) is 8.18. The van der Waals surface area contributed by atoms with Gasteiger partial charge in [0.05, 0.1) is 0 Å². The largest absolute Gasteiger partial charge is 0.488 e. The quantitative estimate of drug-likeness (QED) is 0.480. The summed E-state index contributed by atoms with van der Waals surface area (Å²) in [6.45, 7) is 0.536. The van der Waals surface area contributed by atoms with Crippen LogP contribution in [0.5, 0.6) is 5.75 Å². The zero-order valence-electron chi connectivity index (χ0n) is 13.6. The highest BCUT2D eigenvalue weighted by atomic mass is 16.5. The molecule has 3 aromatic carbocycles. The van der Waals surface area contributed by atoms with Crippen LogP contribution in [0.2, 0.25) is 0 Å². The van der Waals surface area contributed by atoms with Crippen molar-refractivity contribution in [2.24, 2.45) is 0 Å². The molecule has 3 nitrogen and oxygen atoms in total. The Hall–Kier alpha value is -3.33. The molecule has 0 bridgehead atoms. The first-order chi connectivity index (χ1) is 12.4. The lowest BCUT2D eigenvalue weighted by Gasteiger charge is -2.09. The Morgan fingerprint density at radius 2 is 1.56 bits per heavy atom. The fourth-order valence-electron chi connectivity index (χ4n) is 2.61. The zero-order chi connectivity index (χ0) is 16.9. The van der Waals surface area contributed by atoms with Crippen molar-refractivity contribution in [1.82, 2.24) is 4.98 Å². The van der Waals surface area contributed by atoms with Crippen molar-refractivity contribution in [3.63, 3.8) is 0 Å². The lowest BCUT2D eigenvalue weighted by Crippen LogP contribution is -1.96. The maximum absolute atomic E-state index is 5.97. The van der Waals surface area contributed by atoms with Gasteiger partial charge in [-0.1, -0.05) is 60.7 Å². The molecule has 0 saturated heterocycles. The predicted octanol–water partition coefficient (Wildman–Crippen LogP) is 5.58. The summed E-state index contributed by atoms with van der Waals surface area (Å²) in [6.07, 6.45) is 3.83. The van der Waals surface area contributed by atoms with Crippen molar-refractivity contribution >= 4 is 23.3 Å². The molecule has 4 aromatic rings. The standard InChI is InChI=1S/C22H17NO2/c1-2-8-17(9-3-1)16-24-20-12-6-4-10-18(20)14-15-22-23-19-11-5-7-13-21(19)25-22/h1-15H,16H2/b15-14+. The zero-order valence-corrected chi connectivity index (χ0v) is 13.6. The van der Waals surface area contributed by atoms with E-state index in [1.54, 1.807) is 0 Å². The summed E-state index contributed by atoms with van der Waals surface area (Å²) in [4.78, 5) is 4.46. The van der Waals surface area contributed by atoms with Gasteiger partial charge in [0.1, 0.15) is 17.9 Å². The third kappa shape index (κ3) is 3.61. The number of rotatable bonds is 5. The van der Waals surface area contributed by atoms with E-state index in [2.05, 4.69) is 17.1 Å². The first-order valence-corrected chi connectivity index (χ1v) is 8.18. The number of hydrogen-bond donors (Lipinski definition) is 0. The molecule has 0 amide bonds. The summed E-state index contributed by atoms with van der Waals surface area (Å²) in [5, 5.41) is 0. The second-order valence-electron chi connectivity index (χ2n) is 5.67. The number of oxazole rings is 1. The summed E-state index contributed by atoms with van der Waals surface area (Å²) in [5.41, 5.74) is 3.77. The number of hydrogen-bond acceptors (Lipinski definition) is 3. The lowest BCUT2D eigenvalue weighted by atomic mass is 10.2. The number of benzene rings is 3. The van der Waals surface area contributed by atoms with Gasteiger partial charge < -0.3 is 9.15 Å². The maximum atomic E-state index is 5.97. The van der Waals surface area contributed by atoms with Crippen LogP contribution in [-0.2, 0) is 6.61 Å². The van der Waals surface area contributed by atoms with E-state index in [-0.39, 0.29) is 0 Å². The Morgan fingerprint density at radius 1 is 0.800 bits per heavy atom. The summed E-state index contributed by atoms with van der Waals surface area (Å²) >= 11 is 0. The average molecular weight is 327 g/mol. The van der Waals surface area contributed by atoms with E-state index in [1.807, 2.05) is 78.9 Å². The van der Waals surface area contributed by atoms with Crippen LogP contribution in [0.1, 0.15) is 17.0 Å². The van der Waals surface area contributed by atoms with E-state index in [0.29, 0.717) is 12.5 Å². The third-order valence-electron chi connectivity index (χ3n) is 3.87. The van der Waals surface area contributed by atoms with Gasteiger partial charge in [-0.25, -0.2) is 4.98 Å². The minimum atomic E-state index is 0.536. The van der Waals surface area contributed by atoms with E-state index in [4.69, 9.17) is 9.15 Å². The molecule has 0 aliphatic rings. The first kappa shape index (κ1) is 15.2. The van der Waals surface area contributed by atoms with Crippen molar-refractivity contribution in [2.45, 2.75) is 6.61 Å². The van der Waals surface area contributed by atoms with Crippen LogP contribution in [0.15, 0.2) is 83.3 Å². The van der Waals surface area contributed by atoms with Crippen molar-refractivity contribution in [3.05, 3.63) is 95.9 Å². The van der Waals surface area contributed by atoms with Gasteiger partial charge in [-0.15, -0.1) is 0 Å². The Kier molecular flexibility index (Phi) is 4.29. The highest BCUT2D eigenvalue weighted by molar-refractivity contribution is 5.76. The number of ether oxygens (including phenoxy) is 1. The van der Waals surface area contributed by atoms with Gasteiger partial charge in [0.25, 0.3) is 0 Å². The summed E-state index contributed by atoms with van der Waals surface area (Å²) in [7, 11) is 0. The third-order valence-corrected chi connectivity index (χ3v) is 3.87. The van der Waals surface area contributed by atoms with E-state index in [1.165, 1.54) is 0 Å². The molecule has 0 aliphatic heterocycles. The number of fused-ring (bicyclic) bond motifs is 1. The second-order valence-corrected chi connectivity index (χ2v) is 5.67. The minimum Gasteiger partial charge on any atom is -0.488 e. The van der Waals surface area contributed by atoms with Crippen LogP contribution in [0.25, 0.3) is 23.3 Å². The average Bonchev–Trinajstić information content (AvgIpc) is 3.09. The number of aromatic nitrogens is 1. The molecular formula is C22H17NO2. The van der Waals surface area contributed by atoms with Gasteiger partial charge in [-0.05, 0) is 29.8 Å². The van der Waals surface area contributed by atoms with E-state index < -0.39 is 0 Å². The Bertz CT molecular complexity index is 970. The van der Waals surface area contributed by atoms with Crippen LogP contribution in [0.4, 0.5) is 0 Å². The van der Waals surface area contributed by atoms with Crippen molar-refractivity contribution in [1.29, 1.82) is 0 Å². The minimum absolute atomic E-state index is 0.536. The van der Waals surface area contributed by atoms with Crippen molar-refractivity contribution < 1.29 is 9.15 Å². The van der Waals surface area contributed by atoms with Gasteiger partial charge in [-0.3, -0.25) is 0 Å². The molecule has 1 heterocycles. The van der Waals surface area contributed by atoms with Crippen molar-refractivity contribution in [3.8, 4) is 5.75 Å². The van der Waals surface area contributed by atoms with Gasteiger partial charge in [0.2, 0.25) is 5.89 Å². The van der Waals surface area contributed by atoms with E-state index in [0.717, 1.165) is 28.0 Å². The second kappa shape index (κ2) is 7.05. The van der Waals surface area contributed by atoms with Gasteiger partial charge in [0, 0.05) is 11.6 Å². The molecule has 0 fully saturated rings. The number of nitrogens with zero attached hydrogens (tertiary/aromatic N) is 1. The molecule has 0 unspecified atom stereocenters. The Labute approximate surface area is 146 Å². The Balaban J connectivity index is 1.54. The summed E-state index contributed by atoms with van der Waals surface area (Å²) < 4.78 is 11.7. The molecule has 0 saturated carbocycles. The molecule has 0 spiro atoms. The SMILES string of the molecule is C(=C\c1ccccc1OCc1ccccc1)/c1nc2ccccc2o1. The molecule has 0 N–H and O–H groups in total. The molecule has 3 heteroatoms. The van der Waals surface area contributed by atoms with Crippen LogP contribution in [0.3, 0.4) is 0 Å². The Morgan fingerprint density at radius 3 is 2.44 bits per heavy atom. The van der Waals surface area contributed by atoms with Gasteiger partial charge >= 0.3 is 0 Å².